The Bertz CT molecular complexity index is 556. The van der Waals surface area contributed by atoms with Gasteiger partial charge < -0.3 is 9.47 Å². The molecule has 138 valence electrons. The van der Waals surface area contributed by atoms with Crippen LogP contribution >= 0.6 is 0 Å². The van der Waals surface area contributed by atoms with Crippen LogP contribution in [0, 0.1) is 11.3 Å². The lowest BCUT2D eigenvalue weighted by molar-refractivity contribution is -0.249. The summed E-state index contributed by atoms with van der Waals surface area (Å²) >= 11 is 0. The lowest BCUT2D eigenvalue weighted by atomic mass is 9.90. The van der Waals surface area contributed by atoms with Crippen LogP contribution < -0.4 is 0 Å². The normalized spacial score (nSPS) is 24.5. The SMILES string of the molecule is CCCCCCC1C(=O)OC(C(C)(C)C)OC1C=Cc1ccccc1. The Hall–Kier alpha value is -1.61. The van der Waals surface area contributed by atoms with Gasteiger partial charge in [0, 0.05) is 5.41 Å². The summed E-state index contributed by atoms with van der Waals surface area (Å²) in [6, 6.07) is 10.1. The fraction of sp³-hybridized carbons (Fsp3) is 0.591. The van der Waals surface area contributed by atoms with Gasteiger partial charge in [-0.15, -0.1) is 0 Å². The first-order valence-corrected chi connectivity index (χ1v) is 9.51. The molecule has 0 amide bonds. The van der Waals surface area contributed by atoms with Crippen LogP contribution in [0.1, 0.15) is 65.4 Å². The molecule has 3 unspecified atom stereocenters. The van der Waals surface area contributed by atoms with Gasteiger partial charge >= 0.3 is 5.97 Å². The predicted molar refractivity (Wildman–Crippen MR) is 102 cm³/mol. The molecule has 0 radical (unpaired) electrons. The Morgan fingerprint density at radius 3 is 2.44 bits per heavy atom. The molecule has 25 heavy (non-hydrogen) atoms. The average Bonchev–Trinajstić information content (AvgIpc) is 2.58. The number of benzene rings is 1. The highest BCUT2D eigenvalue weighted by Gasteiger charge is 2.42. The zero-order valence-electron chi connectivity index (χ0n) is 16.0. The maximum absolute atomic E-state index is 12.6. The third-order valence-corrected chi connectivity index (χ3v) is 4.56. The van der Waals surface area contributed by atoms with E-state index < -0.39 is 6.29 Å². The van der Waals surface area contributed by atoms with Gasteiger partial charge in [-0.2, -0.15) is 0 Å². The van der Waals surface area contributed by atoms with Crippen molar-refractivity contribution < 1.29 is 14.3 Å². The zero-order chi connectivity index (χ0) is 18.3. The van der Waals surface area contributed by atoms with E-state index in [2.05, 4.69) is 19.1 Å². The molecule has 3 nitrogen and oxygen atoms in total. The summed E-state index contributed by atoms with van der Waals surface area (Å²) in [7, 11) is 0. The molecule has 3 heteroatoms. The van der Waals surface area contributed by atoms with Crippen molar-refractivity contribution in [1.29, 1.82) is 0 Å². The van der Waals surface area contributed by atoms with E-state index in [9.17, 15) is 4.79 Å². The number of carbonyl (C=O) groups excluding carboxylic acids is 1. The second-order valence-electron chi connectivity index (χ2n) is 7.96. The van der Waals surface area contributed by atoms with Crippen molar-refractivity contribution in [3.63, 3.8) is 0 Å². The Kier molecular flexibility index (Phi) is 7.24. The Morgan fingerprint density at radius 1 is 1.08 bits per heavy atom. The van der Waals surface area contributed by atoms with Crippen LogP contribution in [-0.2, 0) is 14.3 Å². The van der Waals surface area contributed by atoms with Gasteiger partial charge in [-0.05, 0) is 12.0 Å². The van der Waals surface area contributed by atoms with Crippen molar-refractivity contribution in [2.45, 2.75) is 72.2 Å². The molecular formula is C22H32O3. The molecule has 0 spiro atoms. The number of esters is 1. The molecule has 1 aliphatic heterocycles. The van der Waals surface area contributed by atoms with Crippen LogP contribution in [0.2, 0.25) is 0 Å². The van der Waals surface area contributed by atoms with Gasteiger partial charge in [0.1, 0.15) is 0 Å². The standard InChI is InChI=1S/C22H32O3/c1-5-6-7-11-14-18-19(16-15-17-12-9-8-10-13-17)24-21(22(2,3)4)25-20(18)23/h8-10,12-13,15-16,18-19,21H,5-7,11,14H2,1-4H3. The van der Waals surface area contributed by atoms with Crippen molar-refractivity contribution in [1.82, 2.24) is 0 Å². The molecule has 2 rings (SSSR count). The molecule has 1 aliphatic rings. The van der Waals surface area contributed by atoms with Gasteiger partial charge in [0.05, 0.1) is 12.0 Å². The van der Waals surface area contributed by atoms with Gasteiger partial charge in [-0.25, -0.2) is 0 Å². The van der Waals surface area contributed by atoms with Gasteiger partial charge in [0.25, 0.3) is 0 Å². The number of unbranched alkanes of at least 4 members (excludes halogenated alkanes) is 3. The quantitative estimate of drug-likeness (QED) is 0.477. The van der Waals surface area contributed by atoms with Crippen molar-refractivity contribution in [3.8, 4) is 0 Å². The number of hydrogen-bond donors (Lipinski definition) is 0. The smallest absolute Gasteiger partial charge is 0.314 e. The maximum atomic E-state index is 12.6. The topological polar surface area (TPSA) is 35.5 Å². The first-order valence-electron chi connectivity index (χ1n) is 9.51. The molecule has 1 heterocycles. The predicted octanol–water partition coefficient (Wildman–Crippen LogP) is 5.60. The largest absolute Gasteiger partial charge is 0.435 e. The van der Waals surface area contributed by atoms with E-state index in [-0.39, 0.29) is 23.4 Å². The molecule has 1 aromatic carbocycles. The minimum Gasteiger partial charge on any atom is -0.435 e. The summed E-state index contributed by atoms with van der Waals surface area (Å²) in [5, 5.41) is 0. The summed E-state index contributed by atoms with van der Waals surface area (Å²) in [4.78, 5) is 12.6. The van der Waals surface area contributed by atoms with Gasteiger partial charge in [-0.1, -0.05) is 95.9 Å². The van der Waals surface area contributed by atoms with Crippen LogP contribution in [0.15, 0.2) is 36.4 Å². The summed E-state index contributed by atoms with van der Waals surface area (Å²) in [6.07, 6.45) is 8.74. The van der Waals surface area contributed by atoms with E-state index in [1.807, 2.05) is 51.1 Å². The zero-order valence-corrected chi connectivity index (χ0v) is 16.0. The summed E-state index contributed by atoms with van der Waals surface area (Å²) in [6.45, 7) is 8.29. The summed E-state index contributed by atoms with van der Waals surface area (Å²) in [5.74, 6) is -0.333. The molecule has 0 aromatic heterocycles. The van der Waals surface area contributed by atoms with E-state index in [4.69, 9.17) is 9.47 Å². The third-order valence-electron chi connectivity index (χ3n) is 4.56. The molecule has 3 atom stereocenters. The first kappa shape index (κ1) is 19.7. The molecule has 0 bridgehead atoms. The highest BCUT2D eigenvalue weighted by atomic mass is 16.7. The van der Waals surface area contributed by atoms with E-state index in [1.54, 1.807) is 0 Å². The molecule has 1 aromatic rings. The minimum atomic E-state index is -0.502. The van der Waals surface area contributed by atoms with Gasteiger partial charge in [0.15, 0.2) is 0 Å². The van der Waals surface area contributed by atoms with Crippen LogP contribution in [0.4, 0.5) is 0 Å². The highest BCUT2D eigenvalue weighted by molar-refractivity contribution is 5.74. The van der Waals surface area contributed by atoms with Crippen molar-refractivity contribution in [3.05, 3.63) is 42.0 Å². The number of rotatable bonds is 7. The fourth-order valence-electron chi connectivity index (χ4n) is 3.00. The lowest BCUT2D eigenvalue weighted by Crippen LogP contribution is -2.47. The molecule has 0 saturated carbocycles. The van der Waals surface area contributed by atoms with Gasteiger partial charge in [-0.3, -0.25) is 4.79 Å². The van der Waals surface area contributed by atoms with Crippen molar-refractivity contribution in [2.75, 3.05) is 0 Å². The summed E-state index contributed by atoms with van der Waals surface area (Å²) in [5.41, 5.74) is 0.879. The van der Waals surface area contributed by atoms with E-state index in [0.717, 1.165) is 24.8 Å². The maximum Gasteiger partial charge on any atom is 0.314 e. The summed E-state index contributed by atoms with van der Waals surface area (Å²) < 4.78 is 11.8. The second-order valence-corrected chi connectivity index (χ2v) is 7.96. The van der Waals surface area contributed by atoms with Crippen LogP contribution in [0.3, 0.4) is 0 Å². The highest BCUT2D eigenvalue weighted by Crippen LogP contribution is 2.34. The average molecular weight is 344 g/mol. The molecule has 1 fully saturated rings. The molecule has 0 N–H and O–H groups in total. The number of hydrogen-bond acceptors (Lipinski definition) is 3. The van der Waals surface area contributed by atoms with Crippen molar-refractivity contribution in [2.24, 2.45) is 11.3 Å². The third kappa shape index (κ3) is 6.00. The van der Waals surface area contributed by atoms with Crippen LogP contribution in [-0.4, -0.2) is 18.4 Å². The van der Waals surface area contributed by atoms with E-state index >= 15 is 0 Å². The Labute approximate surface area is 152 Å². The lowest BCUT2D eigenvalue weighted by Gasteiger charge is -2.39. The van der Waals surface area contributed by atoms with E-state index in [0.29, 0.717) is 0 Å². The Balaban J connectivity index is 2.11. The van der Waals surface area contributed by atoms with Crippen LogP contribution in [0.5, 0.6) is 0 Å². The Morgan fingerprint density at radius 2 is 1.80 bits per heavy atom. The molecule has 0 aliphatic carbocycles. The molecule has 1 saturated heterocycles. The monoisotopic (exact) mass is 344 g/mol. The second kappa shape index (κ2) is 9.19. The number of ether oxygens (including phenoxy) is 2. The van der Waals surface area contributed by atoms with Crippen LogP contribution in [0.25, 0.3) is 6.08 Å². The van der Waals surface area contributed by atoms with Crippen molar-refractivity contribution >= 4 is 12.0 Å². The van der Waals surface area contributed by atoms with E-state index in [1.165, 1.54) is 12.8 Å². The number of carbonyl (C=O) groups is 1. The molecular weight excluding hydrogens is 312 g/mol. The number of cyclic esters (lactones) is 1. The fourth-order valence-corrected chi connectivity index (χ4v) is 3.00. The first-order chi connectivity index (χ1) is 11.9. The minimum absolute atomic E-state index is 0.120. The van der Waals surface area contributed by atoms with Gasteiger partial charge in [0.2, 0.25) is 6.29 Å².